The van der Waals surface area contributed by atoms with Crippen molar-refractivity contribution in [2.24, 2.45) is 11.7 Å². The molecule has 1 fully saturated rings. The van der Waals surface area contributed by atoms with Crippen molar-refractivity contribution < 1.29 is 9.18 Å². The van der Waals surface area contributed by atoms with Gasteiger partial charge in [-0.3, -0.25) is 4.79 Å². The van der Waals surface area contributed by atoms with Crippen LogP contribution in [0.4, 0.5) is 4.39 Å². The Morgan fingerprint density at radius 2 is 2.25 bits per heavy atom. The Morgan fingerprint density at radius 1 is 1.50 bits per heavy atom. The number of nitrogens with zero attached hydrogens (tertiary/aromatic N) is 1. The summed E-state index contributed by atoms with van der Waals surface area (Å²) in [5.41, 5.74) is 6.20. The predicted octanol–water partition coefficient (Wildman–Crippen LogP) is 2.01. The highest BCUT2D eigenvalue weighted by atomic mass is 19.1. The molecule has 0 atom stereocenters. The summed E-state index contributed by atoms with van der Waals surface area (Å²) in [6.07, 6.45) is 2.38. The molecule has 0 spiro atoms. The molecule has 0 aromatic heterocycles. The van der Waals surface area contributed by atoms with Gasteiger partial charge in [0.1, 0.15) is 5.82 Å². The zero-order chi connectivity index (χ0) is 14.5. The normalized spacial score (nSPS) is 13.6. The molecule has 20 heavy (non-hydrogen) atoms. The van der Waals surface area contributed by atoms with Gasteiger partial charge < -0.3 is 10.6 Å². The van der Waals surface area contributed by atoms with E-state index >= 15 is 0 Å². The maximum atomic E-state index is 13.3. The average Bonchev–Trinajstić information content (AvgIpc) is 3.26. The van der Waals surface area contributed by atoms with Crippen molar-refractivity contribution in [3.8, 4) is 11.8 Å². The van der Waals surface area contributed by atoms with E-state index in [0.717, 1.165) is 6.54 Å². The first kappa shape index (κ1) is 14.5. The second-order valence-corrected chi connectivity index (χ2v) is 4.98. The Bertz CT molecular complexity index is 555. The molecule has 3 nitrogen and oxygen atoms in total. The fourth-order valence-electron chi connectivity index (χ4n) is 2.09. The molecular weight excluding hydrogens is 255 g/mol. The molecule has 1 amide bonds. The maximum absolute atomic E-state index is 13.3. The smallest absolute Gasteiger partial charge is 0.255 e. The summed E-state index contributed by atoms with van der Waals surface area (Å²) in [5.74, 6) is 5.60. The predicted molar refractivity (Wildman–Crippen MR) is 76.6 cm³/mol. The Balaban J connectivity index is 2.26. The number of amides is 1. The van der Waals surface area contributed by atoms with Crippen molar-refractivity contribution in [2.45, 2.75) is 19.8 Å². The molecule has 0 bridgehead atoms. The molecule has 2 rings (SSSR count). The van der Waals surface area contributed by atoms with E-state index in [-0.39, 0.29) is 12.5 Å². The first-order valence-corrected chi connectivity index (χ1v) is 6.93. The van der Waals surface area contributed by atoms with Gasteiger partial charge in [0, 0.05) is 18.7 Å². The largest absolute Gasteiger partial charge is 0.339 e. The van der Waals surface area contributed by atoms with E-state index in [4.69, 9.17) is 5.73 Å². The van der Waals surface area contributed by atoms with Gasteiger partial charge in [-0.15, -0.1) is 0 Å². The van der Waals surface area contributed by atoms with Gasteiger partial charge in [0.2, 0.25) is 0 Å². The third-order valence-electron chi connectivity index (χ3n) is 3.38. The van der Waals surface area contributed by atoms with Crippen LogP contribution in [0.15, 0.2) is 18.2 Å². The van der Waals surface area contributed by atoms with Gasteiger partial charge in [0.15, 0.2) is 0 Å². The summed E-state index contributed by atoms with van der Waals surface area (Å²) in [4.78, 5) is 14.3. The van der Waals surface area contributed by atoms with Crippen molar-refractivity contribution in [2.75, 3.05) is 19.6 Å². The molecule has 1 aromatic carbocycles. The van der Waals surface area contributed by atoms with E-state index in [0.29, 0.717) is 23.6 Å². The SMILES string of the molecule is CCN(CC1CC1)C(=O)c1ccc(F)cc1C#CCN. The molecule has 0 radical (unpaired) electrons. The monoisotopic (exact) mass is 274 g/mol. The van der Waals surface area contributed by atoms with Crippen LogP contribution >= 0.6 is 0 Å². The van der Waals surface area contributed by atoms with E-state index < -0.39 is 5.82 Å². The summed E-state index contributed by atoms with van der Waals surface area (Å²) in [6.45, 7) is 3.56. The molecule has 0 unspecified atom stereocenters. The van der Waals surface area contributed by atoms with Gasteiger partial charge in [-0.05, 0) is 43.9 Å². The van der Waals surface area contributed by atoms with Crippen LogP contribution in [0.1, 0.15) is 35.7 Å². The van der Waals surface area contributed by atoms with E-state index in [9.17, 15) is 9.18 Å². The van der Waals surface area contributed by atoms with E-state index in [1.807, 2.05) is 6.92 Å². The number of carbonyl (C=O) groups excluding carboxylic acids is 1. The molecule has 1 aliphatic rings. The molecule has 4 heteroatoms. The summed E-state index contributed by atoms with van der Waals surface area (Å²) < 4.78 is 13.3. The Hall–Kier alpha value is -1.86. The minimum atomic E-state index is -0.395. The van der Waals surface area contributed by atoms with Gasteiger partial charge in [-0.1, -0.05) is 11.8 Å². The first-order chi connectivity index (χ1) is 9.65. The molecule has 0 aliphatic heterocycles. The zero-order valence-corrected chi connectivity index (χ0v) is 11.7. The van der Waals surface area contributed by atoms with Crippen LogP contribution in [0.5, 0.6) is 0 Å². The molecular formula is C16H19FN2O. The number of halogens is 1. The minimum absolute atomic E-state index is 0.0827. The van der Waals surface area contributed by atoms with Crippen LogP contribution in [-0.4, -0.2) is 30.4 Å². The van der Waals surface area contributed by atoms with Gasteiger partial charge in [-0.25, -0.2) is 4.39 Å². The van der Waals surface area contributed by atoms with Gasteiger partial charge in [0.05, 0.1) is 12.1 Å². The second kappa shape index (κ2) is 6.53. The molecule has 0 saturated heterocycles. The number of hydrogen-bond acceptors (Lipinski definition) is 2. The lowest BCUT2D eigenvalue weighted by atomic mass is 10.1. The molecule has 106 valence electrons. The van der Waals surface area contributed by atoms with Gasteiger partial charge in [0.25, 0.3) is 5.91 Å². The topological polar surface area (TPSA) is 46.3 Å². The molecule has 0 heterocycles. The summed E-state index contributed by atoms with van der Waals surface area (Å²) >= 11 is 0. The van der Waals surface area contributed by atoms with Crippen molar-refractivity contribution >= 4 is 5.91 Å². The van der Waals surface area contributed by atoms with E-state index in [1.54, 1.807) is 4.90 Å². The quantitative estimate of drug-likeness (QED) is 0.854. The van der Waals surface area contributed by atoms with Crippen molar-refractivity contribution in [1.82, 2.24) is 4.90 Å². The molecule has 1 aromatic rings. The van der Waals surface area contributed by atoms with Gasteiger partial charge in [-0.2, -0.15) is 0 Å². The fourth-order valence-corrected chi connectivity index (χ4v) is 2.09. The summed E-state index contributed by atoms with van der Waals surface area (Å²) in [6, 6.07) is 4.10. The number of rotatable bonds is 4. The standard InChI is InChI=1S/C16H19FN2O/c1-2-19(11-12-5-6-12)16(20)15-8-7-14(17)10-13(15)4-3-9-18/h7-8,10,12H,2,5-6,9,11,18H2,1H3. The first-order valence-electron chi connectivity index (χ1n) is 6.93. The highest BCUT2D eigenvalue weighted by Crippen LogP contribution is 2.30. The zero-order valence-electron chi connectivity index (χ0n) is 11.7. The van der Waals surface area contributed by atoms with Crippen LogP contribution < -0.4 is 5.73 Å². The third-order valence-corrected chi connectivity index (χ3v) is 3.38. The minimum Gasteiger partial charge on any atom is -0.339 e. The van der Waals surface area contributed by atoms with Crippen molar-refractivity contribution in [3.63, 3.8) is 0 Å². The highest BCUT2D eigenvalue weighted by Gasteiger charge is 2.27. The fraction of sp³-hybridized carbons (Fsp3) is 0.438. The second-order valence-electron chi connectivity index (χ2n) is 4.98. The van der Waals surface area contributed by atoms with Gasteiger partial charge >= 0.3 is 0 Å². The van der Waals surface area contributed by atoms with E-state index in [2.05, 4.69) is 11.8 Å². The number of hydrogen-bond donors (Lipinski definition) is 1. The lowest BCUT2D eigenvalue weighted by Gasteiger charge is -2.21. The lowest BCUT2D eigenvalue weighted by molar-refractivity contribution is 0.0756. The Morgan fingerprint density at radius 3 is 2.85 bits per heavy atom. The maximum Gasteiger partial charge on any atom is 0.255 e. The molecule has 1 saturated carbocycles. The van der Waals surface area contributed by atoms with Crippen LogP contribution in [0.3, 0.4) is 0 Å². The third kappa shape index (κ3) is 3.58. The van der Waals surface area contributed by atoms with Crippen molar-refractivity contribution in [1.29, 1.82) is 0 Å². The molecule has 1 aliphatic carbocycles. The average molecular weight is 274 g/mol. The summed E-state index contributed by atoms with van der Waals surface area (Å²) in [5, 5.41) is 0. The van der Waals surface area contributed by atoms with Crippen molar-refractivity contribution in [3.05, 3.63) is 35.1 Å². The van der Waals surface area contributed by atoms with E-state index in [1.165, 1.54) is 31.0 Å². The summed E-state index contributed by atoms with van der Waals surface area (Å²) in [7, 11) is 0. The van der Waals surface area contributed by atoms with Crippen LogP contribution in [-0.2, 0) is 0 Å². The number of benzene rings is 1. The van der Waals surface area contributed by atoms with Crippen LogP contribution in [0, 0.1) is 23.6 Å². The highest BCUT2D eigenvalue weighted by molar-refractivity contribution is 5.96. The van der Waals surface area contributed by atoms with Crippen LogP contribution in [0.25, 0.3) is 0 Å². The Kier molecular flexibility index (Phi) is 4.75. The lowest BCUT2D eigenvalue weighted by Crippen LogP contribution is -2.33. The Labute approximate surface area is 119 Å². The number of nitrogens with two attached hydrogens (primary N) is 1. The number of carbonyl (C=O) groups is 1. The molecule has 2 N–H and O–H groups in total. The van der Waals surface area contributed by atoms with Crippen LogP contribution in [0.2, 0.25) is 0 Å².